The maximum Gasteiger partial charge on any atom is 0.313 e. The molecule has 0 saturated carbocycles. The Hall–Kier alpha value is -2.48. The van der Waals surface area contributed by atoms with Crippen LogP contribution in [0.25, 0.3) is 0 Å². The summed E-state index contributed by atoms with van der Waals surface area (Å²) in [6.07, 6.45) is 1.98. The Bertz CT molecular complexity index is 682. The van der Waals surface area contributed by atoms with E-state index in [9.17, 15) is 19.7 Å². The third-order valence-electron chi connectivity index (χ3n) is 4.82. The highest BCUT2D eigenvalue weighted by Gasteiger charge is 2.23. The van der Waals surface area contributed by atoms with Crippen molar-refractivity contribution in [3.05, 3.63) is 33.9 Å². The van der Waals surface area contributed by atoms with Crippen molar-refractivity contribution in [3.63, 3.8) is 0 Å². The van der Waals surface area contributed by atoms with E-state index in [4.69, 9.17) is 0 Å². The maximum atomic E-state index is 12.1. The second-order valence-corrected chi connectivity index (χ2v) is 6.99. The van der Waals surface area contributed by atoms with Gasteiger partial charge in [0, 0.05) is 24.7 Å². The number of anilines is 1. The largest absolute Gasteiger partial charge is 0.348 e. The minimum atomic E-state index is -0.812. The predicted molar refractivity (Wildman–Crippen MR) is 98.9 cm³/mol. The minimum absolute atomic E-state index is 0.136. The molecule has 0 spiro atoms. The van der Waals surface area contributed by atoms with Crippen LogP contribution in [0, 0.1) is 23.0 Å². The molecule has 0 aromatic heterocycles. The van der Waals surface area contributed by atoms with Crippen molar-refractivity contribution in [2.75, 3.05) is 25.0 Å². The van der Waals surface area contributed by atoms with E-state index in [-0.39, 0.29) is 11.4 Å². The number of non-ortho nitro benzene ring substituents is 1. The topological polar surface area (TPSA) is 105 Å². The number of piperidine rings is 1. The molecule has 2 rings (SSSR count). The zero-order valence-electron chi connectivity index (χ0n) is 15.4. The van der Waals surface area contributed by atoms with Crippen molar-refractivity contribution < 1.29 is 14.5 Å². The molecule has 2 N–H and O–H groups in total. The molecular weight excluding hydrogens is 336 g/mol. The van der Waals surface area contributed by atoms with E-state index in [1.807, 2.05) is 0 Å². The number of hydrogen-bond acceptors (Lipinski definition) is 5. The molecule has 0 unspecified atom stereocenters. The summed E-state index contributed by atoms with van der Waals surface area (Å²) in [7, 11) is 0. The number of nitrogens with zero attached hydrogens (tertiary/aromatic N) is 2. The van der Waals surface area contributed by atoms with Gasteiger partial charge in [-0.1, -0.05) is 6.07 Å². The SMILES string of the molecule is Cc1ccc([N+](=O)[O-])cc1NC(=O)C(=O)NCC1CCN(C(C)C)CC1. The van der Waals surface area contributed by atoms with Crippen LogP contribution in [0.4, 0.5) is 11.4 Å². The number of carbonyl (C=O) groups is 2. The summed E-state index contributed by atoms with van der Waals surface area (Å²) in [6, 6.07) is 4.67. The highest BCUT2D eigenvalue weighted by atomic mass is 16.6. The number of nitro benzene ring substituents is 1. The summed E-state index contributed by atoms with van der Waals surface area (Å²) in [5, 5.41) is 16.0. The number of likely N-dealkylation sites (tertiary alicyclic amines) is 1. The third kappa shape index (κ3) is 5.26. The molecule has 8 nitrogen and oxygen atoms in total. The van der Waals surface area contributed by atoms with Crippen LogP contribution in [0.3, 0.4) is 0 Å². The Balaban J connectivity index is 1.84. The van der Waals surface area contributed by atoms with Crippen molar-refractivity contribution in [2.24, 2.45) is 5.92 Å². The summed E-state index contributed by atoms with van der Waals surface area (Å²) in [6.45, 7) is 8.51. The number of hydrogen-bond donors (Lipinski definition) is 2. The highest BCUT2D eigenvalue weighted by molar-refractivity contribution is 6.39. The molecule has 1 aliphatic heterocycles. The summed E-state index contributed by atoms with van der Waals surface area (Å²) < 4.78 is 0. The first-order chi connectivity index (χ1) is 12.3. The molecule has 1 heterocycles. The molecule has 142 valence electrons. The lowest BCUT2D eigenvalue weighted by Gasteiger charge is -2.34. The smallest absolute Gasteiger partial charge is 0.313 e. The van der Waals surface area contributed by atoms with Crippen LogP contribution in [0.5, 0.6) is 0 Å². The van der Waals surface area contributed by atoms with Gasteiger partial charge in [0.05, 0.1) is 10.6 Å². The molecule has 0 aliphatic carbocycles. The van der Waals surface area contributed by atoms with E-state index in [1.165, 1.54) is 18.2 Å². The zero-order valence-corrected chi connectivity index (χ0v) is 15.4. The highest BCUT2D eigenvalue weighted by Crippen LogP contribution is 2.22. The van der Waals surface area contributed by atoms with Gasteiger partial charge in [-0.3, -0.25) is 19.7 Å². The molecule has 0 radical (unpaired) electrons. The molecule has 0 atom stereocenters. The number of rotatable bonds is 5. The molecule has 1 aromatic rings. The van der Waals surface area contributed by atoms with Crippen LogP contribution in [-0.2, 0) is 9.59 Å². The van der Waals surface area contributed by atoms with Crippen LogP contribution in [0.15, 0.2) is 18.2 Å². The second kappa shape index (κ2) is 8.75. The van der Waals surface area contributed by atoms with Crippen LogP contribution < -0.4 is 10.6 Å². The summed E-state index contributed by atoms with van der Waals surface area (Å²) in [5.41, 5.74) is 0.783. The lowest BCUT2D eigenvalue weighted by Crippen LogP contribution is -2.43. The number of aryl methyl sites for hydroxylation is 1. The van der Waals surface area contributed by atoms with Gasteiger partial charge >= 0.3 is 11.8 Å². The molecule has 0 bridgehead atoms. The predicted octanol–water partition coefficient (Wildman–Crippen LogP) is 2.08. The van der Waals surface area contributed by atoms with Gasteiger partial charge in [-0.25, -0.2) is 0 Å². The van der Waals surface area contributed by atoms with E-state index in [0.717, 1.165) is 25.9 Å². The Labute approximate surface area is 153 Å². The average Bonchev–Trinajstić information content (AvgIpc) is 2.61. The maximum absolute atomic E-state index is 12.1. The number of amides is 2. The van der Waals surface area contributed by atoms with Gasteiger partial charge in [-0.2, -0.15) is 0 Å². The van der Waals surface area contributed by atoms with Crippen molar-refractivity contribution in [1.29, 1.82) is 0 Å². The van der Waals surface area contributed by atoms with Gasteiger partial charge in [-0.05, 0) is 58.2 Å². The van der Waals surface area contributed by atoms with Gasteiger partial charge in [0.1, 0.15) is 0 Å². The molecule has 1 aliphatic rings. The van der Waals surface area contributed by atoms with E-state index in [0.29, 0.717) is 24.1 Å². The van der Waals surface area contributed by atoms with Gasteiger partial charge in [0.15, 0.2) is 0 Å². The molecule has 1 fully saturated rings. The van der Waals surface area contributed by atoms with Crippen molar-refractivity contribution in [1.82, 2.24) is 10.2 Å². The third-order valence-corrected chi connectivity index (χ3v) is 4.82. The second-order valence-electron chi connectivity index (χ2n) is 6.99. The number of nitrogens with one attached hydrogen (secondary N) is 2. The Kier molecular flexibility index (Phi) is 6.68. The van der Waals surface area contributed by atoms with Crippen molar-refractivity contribution in [3.8, 4) is 0 Å². The van der Waals surface area contributed by atoms with Crippen LogP contribution in [0.1, 0.15) is 32.3 Å². The Morgan fingerprint density at radius 3 is 2.50 bits per heavy atom. The molecular formula is C18H26N4O4. The lowest BCUT2D eigenvalue weighted by molar-refractivity contribution is -0.384. The van der Waals surface area contributed by atoms with Gasteiger partial charge in [0.2, 0.25) is 0 Å². The first-order valence-corrected chi connectivity index (χ1v) is 8.86. The quantitative estimate of drug-likeness (QED) is 0.474. The minimum Gasteiger partial charge on any atom is -0.348 e. The Morgan fingerprint density at radius 1 is 1.27 bits per heavy atom. The van der Waals surface area contributed by atoms with E-state index < -0.39 is 16.7 Å². The van der Waals surface area contributed by atoms with E-state index in [2.05, 4.69) is 29.4 Å². The van der Waals surface area contributed by atoms with Crippen molar-refractivity contribution >= 4 is 23.2 Å². The molecule has 2 amide bonds. The van der Waals surface area contributed by atoms with Gasteiger partial charge in [0.25, 0.3) is 5.69 Å². The Morgan fingerprint density at radius 2 is 1.92 bits per heavy atom. The average molecular weight is 362 g/mol. The molecule has 8 heteroatoms. The van der Waals surface area contributed by atoms with Gasteiger partial charge < -0.3 is 15.5 Å². The summed E-state index contributed by atoms with van der Waals surface area (Å²) in [4.78, 5) is 36.8. The molecule has 26 heavy (non-hydrogen) atoms. The van der Waals surface area contributed by atoms with Crippen molar-refractivity contribution in [2.45, 2.75) is 39.7 Å². The summed E-state index contributed by atoms with van der Waals surface area (Å²) >= 11 is 0. The zero-order chi connectivity index (χ0) is 19.3. The van der Waals surface area contributed by atoms with Crippen LogP contribution in [0.2, 0.25) is 0 Å². The fourth-order valence-corrected chi connectivity index (χ4v) is 3.03. The lowest BCUT2D eigenvalue weighted by atomic mass is 9.96. The standard InChI is InChI=1S/C18H26N4O4/c1-12(2)21-8-6-14(7-9-21)11-19-17(23)18(24)20-16-10-15(22(25)26)5-4-13(16)3/h4-5,10,12,14H,6-9,11H2,1-3H3,(H,19,23)(H,20,24). The van der Waals surface area contributed by atoms with E-state index >= 15 is 0 Å². The molecule has 1 aromatic carbocycles. The van der Waals surface area contributed by atoms with Gasteiger partial charge in [-0.15, -0.1) is 0 Å². The fraction of sp³-hybridized carbons (Fsp3) is 0.556. The molecule has 1 saturated heterocycles. The van der Waals surface area contributed by atoms with Crippen LogP contribution >= 0.6 is 0 Å². The monoisotopic (exact) mass is 362 g/mol. The van der Waals surface area contributed by atoms with Crippen LogP contribution in [-0.4, -0.2) is 47.3 Å². The fourth-order valence-electron chi connectivity index (χ4n) is 3.03. The van der Waals surface area contributed by atoms with E-state index in [1.54, 1.807) is 6.92 Å². The normalized spacial score (nSPS) is 15.7. The first-order valence-electron chi connectivity index (χ1n) is 8.86. The summed E-state index contributed by atoms with van der Waals surface area (Å²) in [5.74, 6) is -1.17. The number of carbonyl (C=O) groups excluding carboxylic acids is 2. The first kappa shape index (κ1) is 19.8. The number of benzene rings is 1. The number of nitro groups is 1.